The van der Waals surface area contributed by atoms with Gasteiger partial charge < -0.3 is 65.4 Å². The van der Waals surface area contributed by atoms with Crippen LogP contribution < -0.4 is 21.3 Å². The quantitative estimate of drug-likeness (QED) is 0.0415. The minimum Gasteiger partial charge on any atom is -0.462 e. The van der Waals surface area contributed by atoms with E-state index in [4.69, 9.17) is 4.74 Å². The third-order valence-electron chi connectivity index (χ3n) is 19.5. The second-order valence-electron chi connectivity index (χ2n) is 31.0. The van der Waals surface area contributed by atoms with Gasteiger partial charge in [-0.05, 0) is 131 Å². The van der Waals surface area contributed by atoms with Crippen LogP contribution in [0.5, 0.6) is 0 Å². The lowest BCUT2D eigenvalue weighted by Crippen LogP contribution is -2.64. The topological polar surface area (TPSA) is 305 Å². The van der Waals surface area contributed by atoms with Gasteiger partial charge in [0.1, 0.15) is 60.4 Å². The average Bonchev–Trinajstić information content (AvgIpc) is 0.816. The number of thioether (sulfide) groups is 1. The standard InChI is InChI=1S/C77H133N11O14S/c1-25-27-28-29-32-37-52(15)64(89)63-68(93)80-56(26-2)70(95)88(24)76(103-41-36-31-35-40-102-77(101)55-38-33-30-34-39-55)75(100)83(19)58(43-47(5)6)67(92)81-61(50(11)12)73(98)82(18)57(42-46(3)4)66(91)78-53(16)65(90)79-54(17)69(94)84(20)59(44-48(7)8)71(96)85(21)60(45-49(9)10)72(97)86(22)62(51(13)14)74(99)87(63)23/h30,33-34,38-39,46-54,56-64,76,89H,25-29,31-32,35-37,40-45H2,1-24H3,(H,78,91)(H,79,90)(H,80,93)(H,81,92)/t52-,53+,54-,56+,57+,58+,59+,60+,61+,62+,63+,64-,76-/m1/s1. The van der Waals surface area contributed by atoms with Gasteiger partial charge in [-0.25, -0.2) is 4.79 Å². The van der Waals surface area contributed by atoms with E-state index in [2.05, 4.69) is 28.2 Å². The SMILES string of the molecule is CCCCCCC[C@@H](C)[C@@H](O)[C@H]1C(=O)N[C@@H](CC)C(=O)N(C)[C@H](SCCCCCOC(=O)c2ccccc2)C(=O)N(C)[C@@H](CC(C)C)C(=O)N[C@@H](C(C)C)C(=O)N(C)[C@@H](CC(C)C)C(=O)N[C@@H](C)C(=O)N[C@H](C)C(=O)N(C)[C@@H](CC(C)C)C(=O)N(C)[C@@H](CC(C)C)C(=O)N(C)[C@@H](C(C)C)C(=O)N1C. The maximum Gasteiger partial charge on any atom is 0.338 e. The molecular weight excluding hydrogens is 1330 g/mol. The van der Waals surface area contributed by atoms with E-state index < -0.39 is 161 Å². The number of esters is 1. The fourth-order valence-electron chi connectivity index (χ4n) is 13.0. The number of unbranched alkanes of at least 4 members (excludes halogenated alkanes) is 6. The molecule has 26 heteroatoms. The molecule has 0 aliphatic carbocycles. The van der Waals surface area contributed by atoms with E-state index in [1.54, 1.807) is 71.9 Å². The molecule has 0 radical (unpaired) electrons. The molecule has 586 valence electrons. The molecule has 0 bridgehead atoms. The Labute approximate surface area is 621 Å². The van der Waals surface area contributed by atoms with E-state index in [1.807, 2.05) is 55.4 Å². The van der Waals surface area contributed by atoms with Crippen LogP contribution in [-0.2, 0) is 57.5 Å². The summed E-state index contributed by atoms with van der Waals surface area (Å²) in [4.78, 5) is 187. The average molecular weight is 1470 g/mol. The number of aliphatic hydroxyl groups is 1. The summed E-state index contributed by atoms with van der Waals surface area (Å²) in [6.07, 6.45) is 5.59. The van der Waals surface area contributed by atoms with Crippen molar-refractivity contribution in [2.75, 3.05) is 61.7 Å². The number of amides is 11. The molecule has 11 amide bonds. The first-order chi connectivity index (χ1) is 48.1. The second kappa shape index (κ2) is 44.9. The monoisotopic (exact) mass is 1470 g/mol. The Bertz CT molecular complexity index is 2920. The van der Waals surface area contributed by atoms with Crippen molar-refractivity contribution in [1.82, 2.24) is 55.6 Å². The molecule has 13 atom stereocenters. The first kappa shape index (κ1) is 92.3. The van der Waals surface area contributed by atoms with Gasteiger partial charge in [0.05, 0.1) is 18.3 Å². The lowest BCUT2D eigenvalue weighted by molar-refractivity contribution is -0.157. The molecule has 0 spiro atoms. The molecule has 1 aliphatic rings. The fraction of sp³-hybridized carbons (Fsp3) is 0.766. The molecule has 0 unspecified atom stereocenters. The van der Waals surface area contributed by atoms with Gasteiger partial charge in [0, 0.05) is 49.3 Å². The number of carbonyl (C=O) groups excluding carboxylic acids is 12. The summed E-state index contributed by atoms with van der Waals surface area (Å²) < 4.78 is 5.52. The number of hydrogen-bond acceptors (Lipinski definition) is 15. The molecule has 1 saturated heterocycles. The van der Waals surface area contributed by atoms with Gasteiger partial charge >= 0.3 is 5.97 Å². The van der Waals surface area contributed by atoms with Crippen LogP contribution in [0.25, 0.3) is 0 Å². The number of hydrogen-bond donors (Lipinski definition) is 5. The van der Waals surface area contributed by atoms with Crippen LogP contribution in [0.2, 0.25) is 0 Å². The highest BCUT2D eigenvalue weighted by Gasteiger charge is 2.47. The molecule has 103 heavy (non-hydrogen) atoms. The van der Waals surface area contributed by atoms with Gasteiger partial charge in [-0.15, -0.1) is 11.8 Å². The summed E-state index contributed by atoms with van der Waals surface area (Å²) >= 11 is 1.13. The lowest BCUT2D eigenvalue weighted by Gasteiger charge is -2.41. The summed E-state index contributed by atoms with van der Waals surface area (Å²) in [5.74, 6) is -10.2. The Hall–Kier alpha value is -6.83. The van der Waals surface area contributed by atoms with Crippen molar-refractivity contribution in [3.05, 3.63) is 35.9 Å². The summed E-state index contributed by atoms with van der Waals surface area (Å²) in [6, 6.07) is -4.14. The highest BCUT2D eigenvalue weighted by Crippen LogP contribution is 2.28. The van der Waals surface area contributed by atoms with Crippen molar-refractivity contribution in [2.45, 2.75) is 279 Å². The van der Waals surface area contributed by atoms with E-state index in [1.165, 1.54) is 92.6 Å². The smallest absolute Gasteiger partial charge is 0.338 e. The van der Waals surface area contributed by atoms with E-state index in [-0.39, 0.29) is 62.4 Å². The van der Waals surface area contributed by atoms with Crippen molar-refractivity contribution in [1.29, 1.82) is 0 Å². The number of nitrogens with one attached hydrogen (secondary N) is 4. The molecule has 1 aromatic carbocycles. The van der Waals surface area contributed by atoms with Crippen molar-refractivity contribution in [3.63, 3.8) is 0 Å². The fourth-order valence-corrected chi connectivity index (χ4v) is 14.3. The zero-order valence-corrected chi connectivity index (χ0v) is 67.8. The van der Waals surface area contributed by atoms with E-state index in [9.17, 15) is 29.1 Å². The highest BCUT2D eigenvalue weighted by atomic mass is 32.2. The van der Waals surface area contributed by atoms with Crippen molar-refractivity contribution >= 4 is 82.7 Å². The summed E-state index contributed by atoms with van der Waals surface area (Å²) in [5, 5.41) is 22.5. The van der Waals surface area contributed by atoms with Gasteiger partial charge in [0.2, 0.25) is 59.1 Å². The number of benzene rings is 1. The second-order valence-corrected chi connectivity index (χ2v) is 32.2. The zero-order chi connectivity index (χ0) is 78.6. The van der Waals surface area contributed by atoms with E-state index in [0.29, 0.717) is 43.4 Å². The van der Waals surface area contributed by atoms with Crippen molar-refractivity contribution in [3.8, 4) is 0 Å². The Morgan fingerprint density at radius 3 is 1.42 bits per heavy atom. The number of likely N-dealkylation sites (N-methyl/N-ethyl adjacent to an activating group) is 7. The third-order valence-corrected chi connectivity index (χ3v) is 20.9. The summed E-state index contributed by atoms with van der Waals surface area (Å²) in [6.45, 7) is 30.5. The van der Waals surface area contributed by atoms with Crippen LogP contribution in [-0.4, -0.2) is 244 Å². The molecule has 5 N–H and O–H groups in total. The largest absolute Gasteiger partial charge is 0.462 e. The van der Waals surface area contributed by atoms with Crippen LogP contribution in [0.3, 0.4) is 0 Å². The van der Waals surface area contributed by atoms with Gasteiger partial charge in [-0.3, -0.25) is 52.7 Å². The zero-order valence-electron chi connectivity index (χ0n) is 67.0. The van der Waals surface area contributed by atoms with E-state index in [0.717, 1.165) is 42.3 Å². The Kier molecular flexibility index (Phi) is 40.2. The maximum absolute atomic E-state index is 15.6. The molecule has 2 rings (SSSR count). The van der Waals surface area contributed by atoms with Gasteiger partial charge in [0.25, 0.3) is 5.91 Å². The first-order valence-electron chi connectivity index (χ1n) is 37.7. The molecule has 25 nitrogen and oxygen atoms in total. The van der Waals surface area contributed by atoms with Crippen LogP contribution in [0, 0.1) is 41.4 Å². The molecular formula is C77H133N11O14S. The number of nitrogens with zero attached hydrogens (tertiary/aromatic N) is 7. The Morgan fingerprint density at radius 2 is 0.913 bits per heavy atom. The van der Waals surface area contributed by atoms with Crippen LogP contribution >= 0.6 is 11.8 Å². The Morgan fingerprint density at radius 1 is 0.456 bits per heavy atom. The molecule has 0 aromatic heterocycles. The van der Waals surface area contributed by atoms with Crippen molar-refractivity contribution < 1.29 is 67.4 Å². The molecule has 1 aliphatic heterocycles. The van der Waals surface area contributed by atoms with Crippen LogP contribution in [0.4, 0.5) is 0 Å². The predicted octanol–water partition coefficient (Wildman–Crippen LogP) is 7.75. The minimum absolute atomic E-state index is 0.0208. The normalized spacial score (nSPS) is 24.8. The molecule has 1 heterocycles. The first-order valence-corrected chi connectivity index (χ1v) is 38.8. The van der Waals surface area contributed by atoms with E-state index >= 15 is 33.6 Å². The van der Waals surface area contributed by atoms with Gasteiger partial charge in [-0.1, -0.05) is 154 Å². The molecule has 1 aromatic rings. The van der Waals surface area contributed by atoms with Gasteiger partial charge in [-0.2, -0.15) is 0 Å². The number of ether oxygens (including phenoxy) is 1. The number of aliphatic hydroxyl groups excluding tert-OH is 1. The Balaban J connectivity index is 3.08. The molecule has 0 saturated carbocycles. The predicted molar refractivity (Wildman–Crippen MR) is 404 cm³/mol. The maximum atomic E-state index is 15.6. The van der Waals surface area contributed by atoms with Gasteiger partial charge in [0.15, 0.2) is 5.37 Å². The van der Waals surface area contributed by atoms with Crippen LogP contribution in [0.1, 0.15) is 218 Å². The molecule has 1 fully saturated rings. The minimum atomic E-state index is -1.64. The van der Waals surface area contributed by atoms with Crippen molar-refractivity contribution in [2.24, 2.45) is 41.4 Å². The summed E-state index contributed by atoms with van der Waals surface area (Å²) in [7, 11) is 10.1. The highest BCUT2D eigenvalue weighted by molar-refractivity contribution is 8.00. The number of carbonyl (C=O) groups is 12. The number of rotatable bonds is 27. The summed E-state index contributed by atoms with van der Waals surface area (Å²) in [5.41, 5.74) is 0.413. The van der Waals surface area contributed by atoms with Crippen LogP contribution in [0.15, 0.2) is 30.3 Å². The lowest BCUT2D eigenvalue weighted by atomic mass is 9.90. The third kappa shape index (κ3) is 27.9.